The van der Waals surface area contributed by atoms with Crippen molar-refractivity contribution in [3.8, 4) is 0 Å². The molecule has 128 valence electrons. The molecule has 0 aromatic carbocycles. The predicted octanol–water partition coefficient (Wildman–Crippen LogP) is 1.91. The molecule has 1 atom stereocenters. The number of aromatic nitrogens is 1. The van der Waals surface area contributed by atoms with Crippen LogP contribution in [-0.4, -0.2) is 59.6 Å². The molecule has 1 N–H and O–H groups in total. The minimum absolute atomic E-state index is 0.178. The van der Waals surface area contributed by atoms with Gasteiger partial charge in [0.1, 0.15) is 0 Å². The number of likely N-dealkylation sites (tertiary alicyclic amines) is 1. The zero-order valence-corrected chi connectivity index (χ0v) is 14.3. The summed E-state index contributed by atoms with van der Waals surface area (Å²) in [4.78, 5) is 6.92. The number of ether oxygens (including phenoxy) is 2. The van der Waals surface area contributed by atoms with Gasteiger partial charge in [-0.2, -0.15) is 0 Å². The number of pyridine rings is 1. The maximum atomic E-state index is 10.7. The Morgan fingerprint density at radius 2 is 2.09 bits per heavy atom. The zero-order valence-electron chi connectivity index (χ0n) is 14.3. The van der Waals surface area contributed by atoms with Crippen LogP contribution in [0.1, 0.15) is 36.9 Å². The number of methoxy groups -OCH3 is 1. The van der Waals surface area contributed by atoms with Crippen LogP contribution in [0.4, 0.5) is 0 Å². The van der Waals surface area contributed by atoms with E-state index in [0.29, 0.717) is 26.1 Å². The number of hydrogen-bond acceptors (Lipinski definition) is 5. The van der Waals surface area contributed by atoms with E-state index in [1.54, 1.807) is 7.11 Å². The van der Waals surface area contributed by atoms with Crippen LogP contribution in [0.3, 0.4) is 0 Å². The quantitative estimate of drug-likeness (QED) is 0.918. The molecule has 2 aliphatic rings. The zero-order chi connectivity index (χ0) is 16.3. The van der Waals surface area contributed by atoms with Crippen LogP contribution in [0, 0.1) is 6.92 Å². The summed E-state index contributed by atoms with van der Waals surface area (Å²) in [6.45, 7) is 5.94. The summed E-state index contributed by atoms with van der Waals surface area (Å²) in [5.41, 5.74) is 1.41. The molecule has 2 aliphatic heterocycles. The fourth-order valence-electron chi connectivity index (χ4n) is 3.85. The SMILES string of the molecule is COC[C@]1(O)CCOC2(CCN(Cc3ccc(C)cn3)CC2)C1. The Hall–Kier alpha value is -1.01. The Kier molecular flexibility index (Phi) is 5.01. The number of nitrogens with zero attached hydrogens (tertiary/aromatic N) is 2. The molecule has 5 nitrogen and oxygen atoms in total. The van der Waals surface area contributed by atoms with E-state index >= 15 is 0 Å². The molecule has 5 heteroatoms. The summed E-state index contributed by atoms with van der Waals surface area (Å²) in [5, 5.41) is 10.7. The van der Waals surface area contributed by atoms with Crippen molar-refractivity contribution >= 4 is 0 Å². The Morgan fingerprint density at radius 1 is 1.30 bits per heavy atom. The van der Waals surface area contributed by atoms with Crippen molar-refractivity contribution in [2.45, 2.75) is 50.4 Å². The maximum absolute atomic E-state index is 10.7. The lowest BCUT2D eigenvalue weighted by molar-refractivity contribution is -0.191. The standard InChI is InChI=1S/C18H28N2O3/c1-15-3-4-16(19-11-15)12-20-8-5-18(6-9-20)13-17(21,14-22-2)7-10-23-18/h3-4,11,21H,5-10,12-14H2,1-2H3/t17-/m0/s1. The van der Waals surface area contributed by atoms with Crippen LogP contribution >= 0.6 is 0 Å². The lowest BCUT2D eigenvalue weighted by atomic mass is 9.77. The number of aliphatic hydroxyl groups is 1. The molecular weight excluding hydrogens is 292 g/mol. The first kappa shape index (κ1) is 16.8. The molecule has 0 radical (unpaired) electrons. The summed E-state index contributed by atoms with van der Waals surface area (Å²) >= 11 is 0. The Labute approximate surface area is 138 Å². The first-order chi connectivity index (χ1) is 11.0. The lowest BCUT2D eigenvalue weighted by Crippen LogP contribution is -2.55. The number of piperidine rings is 1. The smallest absolute Gasteiger partial charge is 0.0929 e. The fourth-order valence-corrected chi connectivity index (χ4v) is 3.85. The maximum Gasteiger partial charge on any atom is 0.0929 e. The van der Waals surface area contributed by atoms with Gasteiger partial charge in [-0.25, -0.2) is 0 Å². The molecule has 1 aromatic rings. The van der Waals surface area contributed by atoms with Crippen LogP contribution in [0.5, 0.6) is 0 Å². The van der Waals surface area contributed by atoms with Gasteiger partial charge in [-0.1, -0.05) is 6.07 Å². The first-order valence-corrected chi connectivity index (χ1v) is 8.52. The molecule has 0 aliphatic carbocycles. The van der Waals surface area contributed by atoms with Gasteiger partial charge >= 0.3 is 0 Å². The second-order valence-electron chi connectivity index (χ2n) is 7.22. The minimum Gasteiger partial charge on any atom is -0.387 e. The molecule has 0 bridgehead atoms. The van der Waals surface area contributed by atoms with Gasteiger partial charge in [0, 0.05) is 45.8 Å². The molecule has 3 rings (SSSR count). The second-order valence-corrected chi connectivity index (χ2v) is 7.22. The van der Waals surface area contributed by atoms with Crippen molar-refractivity contribution in [3.05, 3.63) is 29.6 Å². The molecule has 0 saturated carbocycles. The van der Waals surface area contributed by atoms with Crippen molar-refractivity contribution in [3.63, 3.8) is 0 Å². The Bertz CT molecular complexity index is 508. The van der Waals surface area contributed by atoms with E-state index in [2.05, 4.69) is 28.9 Å². The van der Waals surface area contributed by atoms with Gasteiger partial charge in [-0.05, 0) is 31.4 Å². The van der Waals surface area contributed by atoms with Gasteiger partial charge in [-0.3, -0.25) is 9.88 Å². The first-order valence-electron chi connectivity index (χ1n) is 8.52. The van der Waals surface area contributed by atoms with E-state index in [9.17, 15) is 5.11 Å². The number of aryl methyl sites for hydroxylation is 1. The largest absolute Gasteiger partial charge is 0.387 e. The summed E-state index contributed by atoms with van der Waals surface area (Å²) < 4.78 is 11.3. The van der Waals surface area contributed by atoms with Crippen molar-refractivity contribution in [2.24, 2.45) is 0 Å². The molecule has 1 aromatic heterocycles. The molecule has 0 unspecified atom stereocenters. The number of rotatable bonds is 4. The highest BCUT2D eigenvalue weighted by molar-refractivity contribution is 5.12. The normalized spacial score (nSPS) is 28.1. The monoisotopic (exact) mass is 320 g/mol. The third-order valence-electron chi connectivity index (χ3n) is 5.17. The summed E-state index contributed by atoms with van der Waals surface area (Å²) in [7, 11) is 1.65. The van der Waals surface area contributed by atoms with Gasteiger partial charge in [0.05, 0.1) is 30.1 Å². The van der Waals surface area contributed by atoms with Crippen LogP contribution in [0.15, 0.2) is 18.3 Å². The van der Waals surface area contributed by atoms with Crippen LogP contribution < -0.4 is 0 Å². The minimum atomic E-state index is -0.728. The third-order valence-corrected chi connectivity index (χ3v) is 5.17. The average Bonchev–Trinajstić information content (AvgIpc) is 2.52. The lowest BCUT2D eigenvalue weighted by Gasteiger charge is -2.49. The molecular formula is C18H28N2O3. The third kappa shape index (κ3) is 4.10. The van der Waals surface area contributed by atoms with Crippen LogP contribution in [-0.2, 0) is 16.0 Å². The summed E-state index contributed by atoms with van der Waals surface area (Å²) in [6, 6.07) is 4.22. The summed E-state index contributed by atoms with van der Waals surface area (Å²) in [6.07, 6.45) is 5.20. The van der Waals surface area contributed by atoms with Crippen molar-refractivity contribution in [2.75, 3.05) is 33.4 Å². The van der Waals surface area contributed by atoms with Crippen LogP contribution in [0.25, 0.3) is 0 Å². The van der Waals surface area contributed by atoms with E-state index < -0.39 is 5.60 Å². The summed E-state index contributed by atoms with van der Waals surface area (Å²) in [5.74, 6) is 0. The van der Waals surface area contributed by atoms with E-state index in [0.717, 1.165) is 38.2 Å². The van der Waals surface area contributed by atoms with E-state index in [4.69, 9.17) is 9.47 Å². The van der Waals surface area contributed by atoms with Crippen molar-refractivity contribution in [1.29, 1.82) is 0 Å². The predicted molar refractivity (Wildman–Crippen MR) is 88.2 cm³/mol. The number of hydrogen-bond donors (Lipinski definition) is 1. The topological polar surface area (TPSA) is 54.8 Å². The van der Waals surface area contributed by atoms with Crippen molar-refractivity contribution in [1.82, 2.24) is 9.88 Å². The molecule has 3 heterocycles. The molecule has 23 heavy (non-hydrogen) atoms. The van der Waals surface area contributed by atoms with E-state index in [-0.39, 0.29) is 5.60 Å². The van der Waals surface area contributed by atoms with E-state index in [1.807, 2.05) is 6.20 Å². The van der Waals surface area contributed by atoms with Gasteiger partial charge in [-0.15, -0.1) is 0 Å². The molecule has 0 amide bonds. The van der Waals surface area contributed by atoms with E-state index in [1.165, 1.54) is 5.56 Å². The highest BCUT2D eigenvalue weighted by Gasteiger charge is 2.46. The molecule has 2 saturated heterocycles. The van der Waals surface area contributed by atoms with Gasteiger partial charge in [0.15, 0.2) is 0 Å². The van der Waals surface area contributed by atoms with Gasteiger partial charge in [0.25, 0.3) is 0 Å². The molecule has 2 fully saturated rings. The van der Waals surface area contributed by atoms with Crippen molar-refractivity contribution < 1.29 is 14.6 Å². The second kappa shape index (κ2) is 6.85. The fraction of sp³-hybridized carbons (Fsp3) is 0.722. The highest BCUT2D eigenvalue weighted by atomic mass is 16.5. The highest BCUT2D eigenvalue weighted by Crippen LogP contribution is 2.39. The molecule has 1 spiro atoms. The average molecular weight is 320 g/mol. The van der Waals surface area contributed by atoms with Gasteiger partial charge in [0.2, 0.25) is 0 Å². The van der Waals surface area contributed by atoms with Gasteiger partial charge < -0.3 is 14.6 Å². The Morgan fingerprint density at radius 3 is 2.74 bits per heavy atom. The van der Waals surface area contributed by atoms with Crippen LogP contribution in [0.2, 0.25) is 0 Å². The Balaban J connectivity index is 1.56.